The maximum absolute atomic E-state index is 10.8. The van der Waals surface area contributed by atoms with Crippen LogP contribution in [0.15, 0.2) is 6.20 Å². The number of ether oxygens (including phenoxy) is 1. The lowest BCUT2D eigenvalue weighted by molar-refractivity contribution is -0.0761. The molecule has 0 amide bonds. The number of carbonyl (C=O) groups is 1. The summed E-state index contributed by atoms with van der Waals surface area (Å²) in [6.07, 6.45) is 6.60. The second-order valence-corrected chi connectivity index (χ2v) is 4.44. The van der Waals surface area contributed by atoms with Crippen LogP contribution in [0.1, 0.15) is 55.3 Å². The highest BCUT2D eigenvalue weighted by Crippen LogP contribution is 2.38. The molecule has 1 heterocycles. The van der Waals surface area contributed by atoms with Crippen LogP contribution in [0.4, 0.5) is 0 Å². The van der Waals surface area contributed by atoms with Crippen LogP contribution in [0.2, 0.25) is 0 Å². The van der Waals surface area contributed by atoms with Crippen molar-refractivity contribution in [1.29, 1.82) is 0 Å². The largest absolute Gasteiger partial charge is 0.477 e. The van der Waals surface area contributed by atoms with Crippen molar-refractivity contribution in [2.24, 2.45) is 0 Å². The van der Waals surface area contributed by atoms with E-state index in [0.29, 0.717) is 12.4 Å². The minimum absolute atomic E-state index is 0.129. The van der Waals surface area contributed by atoms with E-state index < -0.39 is 11.6 Å². The van der Waals surface area contributed by atoms with Crippen LogP contribution in [0.3, 0.4) is 0 Å². The van der Waals surface area contributed by atoms with E-state index in [1.54, 1.807) is 0 Å². The molecule has 1 saturated carbocycles. The van der Waals surface area contributed by atoms with Crippen molar-refractivity contribution in [3.8, 4) is 0 Å². The molecule has 1 aromatic rings. The molecular weight excluding hydrogens is 220 g/mol. The molecule has 0 aromatic carbocycles. The number of aromatic amines is 1. The predicted molar refractivity (Wildman–Crippen MR) is 61.9 cm³/mol. The van der Waals surface area contributed by atoms with Gasteiger partial charge in [-0.15, -0.1) is 0 Å². The third kappa shape index (κ3) is 2.34. The zero-order valence-corrected chi connectivity index (χ0v) is 10.0. The van der Waals surface area contributed by atoms with Gasteiger partial charge in [-0.1, -0.05) is 19.3 Å². The molecular formula is C12H18N2O3. The Balaban J connectivity index is 2.27. The zero-order chi connectivity index (χ0) is 12.3. The van der Waals surface area contributed by atoms with Gasteiger partial charge in [0.05, 0.1) is 6.20 Å². The Morgan fingerprint density at radius 3 is 2.76 bits per heavy atom. The summed E-state index contributed by atoms with van der Waals surface area (Å²) in [6.45, 7) is 2.57. The fourth-order valence-corrected chi connectivity index (χ4v) is 2.51. The summed E-state index contributed by atoms with van der Waals surface area (Å²) in [6, 6.07) is 0. The number of aromatic carboxylic acids is 1. The highest BCUT2D eigenvalue weighted by Gasteiger charge is 2.37. The second-order valence-electron chi connectivity index (χ2n) is 4.44. The van der Waals surface area contributed by atoms with Gasteiger partial charge in [-0.3, -0.25) is 0 Å². The summed E-state index contributed by atoms with van der Waals surface area (Å²) in [4.78, 5) is 17.9. The van der Waals surface area contributed by atoms with Gasteiger partial charge in [0.15, 0.2) is 0 Å². The summed E-state index contributed by atoms with van der Waals surface area (Å²) < 4.78 is 5.86. The van der Waals surface area contributed by atoms with Crippen LogP contribution in [0.25, 0.3) is 0 Å². The molecule has 1 aromatic heterocycles. The van der Waals surface area contributed by atoms with Gasteiger partial charge in [-0.2, -0.15) is 0 Å². The van der Waals surface area contributed by atoms with E-state index in [2.05, 4.69) is 9.97 Å². The predicted octanol–water partition coefficient (Wildman–Crippen LogP) is 2.30. The van der Waals surface area contributed by atoms with E-state index >= 15 is 0 Å². The van der Waals surface area contributed by atoms with Gasteiger partial charge in [-0.05, 0) is 19.8 Å². The fourth-order valence-electron chi connectivity index (χ4n) is 2.51. The second kappa shape index (κ2) is 4.87. The molecule has 0 spiro atoms. The number of imidazole rings is 1. The van der Waals surface area contributed by atoms with Crippen LogP contribution in [-0.2, 0) is 10.3 Å². The topological polar surface area (TPSA) is 75.2 Å². The summed E-state index contributed by atoms with van der Waals surface area (Å²) in [5.74, 6) is -0.317. The fraction of sp³-hybridized carbons (Fsp3) is 0.667. The minimum atomic E-state index is -0.980. The maximum Gasteiger partial charge on any atom is 0.353 e. The number of carboxylic acid groups (broad SMARTS) is 1. The number of hydrogen-bond acceptors (Lipinski definition) is 3. The first kappa shape index (κ1) is 12.1. The Hall–Kier alpha value is -1.36. The van der Waals surface area contributed by atoms with Crippen LogP contribution in [-0.4, -0.2) is 27.7 Å². The van der Waals surface area contributed by atoms with Crippen molar-refractivity contribution in [3.63, 3.8) is 0 Å². The van der Waals surface area contributed by atoms with Crippen LogP contribution < -0.4 is 0 Å². The van der Waals surface area contributed by atoms with Crippen LogP contribution in [0, 0.1) is 0 Å². The van der Waals surface area contributed by atoms with E-state index in [0.717, 1.165) is 25.7 Å². The SMILES string of the molecule is CCOC1(c2ncc(C(=O)O)[nH]2)CCCCC1. The van der Waals surface area contributed by atoms with E-state index in [9.17, 15) is 4.79 Å². The first-order valence-electron chi connectivity index (χ1n) is 6.11. The van der Waals surface area contributed by atoms with Gasteiger partial charge in [0, 0.05) is 6.61 Å². The first-order chi connectivity index (χ1) is 8.18. The molecule has 0 aliphatic heterocycles. The Labute approximate surface area is 100 Å². The average Bonchev–Trinajstić information content (AvgIpc) is 2.80. The number of aromatic nitrogens is 2. The molecule has 94 valence electrons. The van der Waals surface area contributed by atoms with Gasteiger partial charge >= 0.3 is 5.97 Å². The summed E-state index contributed by atoms with van der Waals surface area (Å²) in [5, 5.41) is 8.90. The lowest BCUT2D eigenvalue weighted by Crippen LogP contribution is -2.33. The Morgan fingerprint density at radius 1 is 1.53 bits per heavy atom. The van der Waals surface area contributed by atoms with Gasteiger partial charge < -0.3 is 14.8 Å². The number of H-pyrrole nitrogens is 1. The van der Waals surface area contributed by atoms with Crippen molar-refractivity contribution in [3.05, 3.63) is 17.7 Å². The molecule has 5 heteroatoms. The Bertz CT molecular complexity index is 389. The smallest absolute Gasteiger partial charge is 0.353 e. The monoisotopic (exact) mass is 238 g/mol. The van der Waals surface area contributed by atoms with Crippen molar-refractivity contribution in [2.75, 3.05) is 6.61 Å². The van der Waals surface area contributed by atoms with Gasteiger partial charge in [0.2, 0.25) is 0 Å². The first-order valence-corrected chi connectivity index (χ1v) is 6.11. The summed E-state index contributed by atoms with van der Waals surface area (Å²) in [5.41, 5.74) is -0.273. The standard InChI is InChI=1S/C12H18N2O3/c1-2-17-12(6-4-3-5-7-12)11-13-8-9(14-11)10(15)16/h8H,2-7H2,1H3,(H,13,14)(H,15,16). The van der Waals surface area contributed by atoms with Gasteiger partial charge in [0.25, 0.3) is 0 Å². The molecule has 0 unspecified atom stereocenters. The molecule has 0 saturated heterocycles. The highest BCUT2D eigenvalue weighted by atomic mass is 16.5. The lowest BCUT2D eigenvalue weighted by Gasteiger charge is -2.35. The molecule has 2 rings (SSSR count). The van der Waals surface area contributed by atoms with E-state index in [1.807, 2.05) is 6.92 Å². The maximum atomic E-state index is 10.8. The third-order valence-corrected chi connectivity index (χ3v) is 3.32. The average molecular weight is 238 g/mol. The molecule has 1 aliphatic carbocycles. The molecule has 1 fully saturated rings. The van der Waals surface area contributed by atoms with Crippen LogP contribution in [0.5, 0.6) is 0 Å². The van der Waals surface area contributed by atoms with Gasteiger partial charge in [0.1, 0.15) is 17.1 Å². The highest BCUT2D eigenvalue weighted by molar-refractivity contribution is 5.85. The van der Waals surface area contributed by atoms with E-state index in [4.69, 9.17) is 9.84 Å². The van der Waals surface area contributed by atoms with Crippen molar-refractivity contribution >= 4 is 5.97 Å². The minimum Gasteiger partial charge on any atom is -0.477 e. The molecule has 17 heavy (non-hydrogen) atoms. The third-order valence-electron chi connectivity index (χ3n) is 3.32. The molecule has 1 aliphatic rings. The number of hydrogen-bond donors (Lipinski definition) is 2. The Morgan fingerprint density at radius 2 is 2.24 bits per heavy atom. The molecule has 2 N–H and O–H groups in total. The zero-order valence-electron chi connectivity index (χ0n) is 10.0. The van der Waals surface area contributed by atoms with E-state index in [1.165, 1.54) is 12.6 Å². The van der Waals surface area contributed by atoms with Crippen molar-refractivity contribution in [2.45, 2.75) is 44.6 Å². The molecule has 0 radical (unpaired) electrons. The lowest BCUT2D eigenvalue weighted by atomic mass is 9.84. The van der Waals surface area contributed by atoms with E-state index in [-0.39, 0.29) is 5.69 Å². The quantitative estimate of drug-likeness (QED) is 0.844. The Kier molecular flexibility index (Phi) is 3.47. The molecule has 0 atom stereocenters. The normalized spacial score (nSPS) is 19.1. The molecule has 5 nitrogen and oxygen atoms in total. The van der Waals surface area contributed by atoms with Gasteiger partial charge in [-0.25, -0.2) is 9.78 Å². The number of nitrogens with one attached hydrogen (secondary N) is 1. The van der Waals surface area contributed by atoms with Crippen molar-refractivity contribution in [1.82, 2.24) is 9.97 Å². The number of carboxylic acids is 1. The summed E-state index contributed by atoms with van der Waals surface area (Å²) >= 11 is 0. The number of nitrogens with zero attached hydrogens (tertiary/aromatic N) is 1. The number of rotatable bonds is 4. The summed E-state index contributed by atoms with van der Waals surface area (Å²) in [7, 11) is 0. The van der Waals surface area contributed by atoms with Crippen molar-refractivity contribution < 1.29 is 14.6 Å². The van der Waals surface area contributed by atoms with Crippen LogP contribution >= 0.6 is 0 Å². The molecule has 0 bridgehead atoms.